The van der Waals surface area contributed by atoms with Crippen molar-refractivity contribution in [1.82, 2.24) is 0 Å². The average Bonchev–Trinajstić information content (AvgIpc) is 3.14. The van der Waals surface area contributed by atoms with Gasteiger partial charge in [0.1, 0.15) is 5.78 Å². The molecule has 4 rings (SSSR count). The average molecular weight is 545 g/mol. The van der Waals surface area contributed by atoms with Gasteiger partial charge in [0, 0.05) is 23.2 Å². The molecule has 0 N–H and O–H groups in total. The summed E-state index contributed by atoms with van der Waals surface area (Å²) in [6.07, 6.45) is 6.30. The van der Waals surface area contributed by atoms with Gasteiger partial charge in [-0.15, -0.1) is 0 Å². The Labute approximate surface area is 229 Å². The molecule has 0 saturated heterocycles. The molecular formula is C30H40O9. The molecule has 0 unspecified atom stereocenters. The van der Waals surface area contributed by atoms with E-state index in [9.17, 15) is 24.0 Å². The highest BCUT2D eigenvalue weighted by molar-refractivity contribution is 6.02. The molecular weight excluding hydrogens is 504 g/mol. The molecule has 4 aliphatic rings. The van der Waals surface area contributed by atoms with Crippen molar-refractivity contribution >= 4 is 29.7 Å². The predicted molar refractivity (Wildman–Crippen MR) is 140 cm³/mol. The first-order valence-corrected chi connectivity index (χ1v) is 14.1. The van der Waals surface area contributed by atoms with Gasteiger partial charge in [0.2, 0.25) is 5.78 Å². The maximum Gasteiger partial charge on any atom is 0.509 e. The van der Waals surface area contributed by atoms with E-state index in [0.29, 0.717) is 25.7 Å². The SMILES string of the molecule is CCCCOC(=O)O[C@]1(C(=O)COC(=O)OC(C)C)CC[C@H]2[C@@H]3CCC4=CC(=O)C=C[C@]4(C)[C@H]3C(=O)C[C@@]21C. The largest absolute Gasteiger partial charge is 0.509 e. The Morgan fingerprint density at radius 3 is 2.51 bits per heavy atom. The zero-order valence-electron chi connectivity index (χ0n) is 23.6. The van der Waals surface area contributed by atoms with Crippen LogP contribution >= 0.6 is 0 Å². The maximum absolute atomic E-state index is 14.0. The summed E-state index contributed by atoms with van der Waals surface area (Å²) in [5, 5.41) is 0. The maximum atomic E-state index is 14.0. The van der Waals surface area contributed by atoms with Crippen LogP contribution in [0.5, 0.6) is 0 Å². The molecule has 0 heterocycles. The van der Waals surface area contributed by atoms with Gasteiger partial charge in [-0.2, -0.15) is 0 Å². The molecule has 0 aromatic carbocycles. The molecule has 0 amide bonds. The molecule has 3 saturated carbocycles. The zero-order chi connectivity index (χ0) is 28.6. The van der Waals surface area contributed by atoms with E-state index < -0.39 is 47.2 Å². The summed E-state index contributed by atoms with van der Waals surface area (Å²) in [5.74, 6) is -1.16. The van der Waals surface area contributed by atoms with E-state index in [1.54, 1.807) is 26.0 Å². The first kappa shape index (κ1) is 29.0. The Balaban J connectivity index is 1.65. The fourth-order valence-corrected chi connectivity index (χ4v) is 7.64. The molecule has 9 heteroatoms. The van der Waals surface area contributed by atoms with Crippen LogP contribution in [0.4, 0.5) is 9.59 Å². The molecule has 4 aliphatic carbocycles. The fraction of sp³-hybridized carbons (Fsp3) is 0.700. The second-order valence-electron chi connectivity index (χ2n) is 12.1. The van der Waals surface area contributed by atoms with Gasteiger partial charge in [0.15, 0.2) is 18.0 Å². The Morgan fingerprint density at radius 2 is 1.82 bits per heavy atom. The summed E-state index contributed by atoms with van der Waals surface area (Å²) in [7, 11) is 0. The normalized spacial score (nSPS) is 34.9. The van der Waals surface area contributed by atoms with Crippen LogP contribution < -0.4 is 0 Å². The minimum absolute atomic E-state index is 0.0204. The van der Waals surface area contributed by atoms with Gasteiger partial charge in [-0.05, 0) is 69.9 Å². The van der Waals surface area contributed by atoms with Crippen LogP contribution in [0.15, 0.2) is 23.8 Å². The highest BCUT2D eigenvalue weighted by Gasteiger charge is 2.70. The van der Waals surface area contributed by atoms with Gasteiger partial charge in [-0.1, -0.05) is 38.8 Å². The Bertz CT molecular complexity index is 1100. The molecule has 3 fully saturated rings. The summed E-state index contributed by atoms with van der Waals surface area (Å²) < 4.78 is 21.3. The Morgan fingerprint density at radius 1 is 1.08 bits per heavy atom. The molecule has 0 aromatic heterocycles. The number of rotatable bonds is 8. The number of allylic oxidation sites excluding steroid dienone is 4. The third-order valence-electron chi connectivity index (χ3n) is 9.46. The number of unbranched alkanes of at least 4 members (excludes halogenated alkanes) is 1. The van der Waals surface area contributed by atoms with E-state index in [4.69, 9.17) is 18.9 Å². The van der Waals surface area contributed by atoms with E-state index in [1.807, 2.05) is 26.8 Å². The van der Waals surface area contributed by atoms with Gasteiger partial charge >= 0.3 is 12.3 Å². The monoisotopic (exact) mass is 544 g/mol. The highest BCUT2D eigenvalue weighted by atomic mass is 16.7. The minimum Gasteiger partial charge on any atom is -0.434 e. The summed E-state index contributed by atoms with van der Waals surface area (Å²) in [4.78, 5) is 64.8. The number of fused-ring (bicyclic) bond motifs is 5. The minimum atomic E-state index is -1.69. The van der Waals surface area contributed by atoms with Crippen molar-refractivity contribution < 1.29 is 42.9 Å². The van der Waals surface area contributed by atoms with Gasteiger partial charge in [-0.3, -0.25) is 14.4 Å². The van der Waals surface area contributed by atoms with E-state index >= 15 is 0 Å². The lowest BCUT2D eigenvalue weighted by atomic mass is 9.46. The smallest absolute Gasteiger partial charge is 0.434 e. The van der Waals surface area contributed by atoms with Gasteiger partial charge in [-0.25, -0.2) is 9.59 Å². The third-order valence-corrected chi connectivity index (χ3v) is 9.46. The lowest BCUT2D eigenvalue weighted by molar-refractivity contribution is -0.173. The number of ether oxygens (including phenoxy) is 4. The second kappa shape index (κ2) is 10.9. The number of ketones is 3. The molecule has 0 aromatic rings. The Hall–Kier alpha value is -2.97. The topological polar surface area (TPSA) is 122 Å². The van der Waals surface area contributed by atoms with Crippen LogP contribution in [0.3, 0.4) is 0 Å². The fourth-order valence-electron chi connectivity index (χ4n) is 7.64. The van der Waals surface area contributed by atoms with Crippen molar-refractivity contribution in [2.24, 2.45) is 28.6 Å². The molecule has 0 aliphatic heterocycles. The van der Waals surface area contributed by atoms with Crippen LogP contribution in [0.2, 0.25) is 0 Å². The zero-order valence-corrected chi connectivity index (χ0v) is 23.6. The first-order chi connectivity index (χ1) is 18.4. The van der Waals surface area contributed by atoms with E-state index in [0.717, 1.165) is 12.0 Å². The quantitative estimate of drug-likeness (QED) is 0.296. The third kappa shape index (κ3) is 5.05. The van der Waals surface area contributed by atoms with Crippen molar-refractivity contribution in [3.05, 3.63) is 23.8 Å². The van der Waals surface area contributed by atoms with Crippen LogP contribution in [-0.4, -0.2) is 54.6 Å². The summed E-state index contributed by atoms with van der Waals surface area (Å²) >= 11 is 0. The lowest BCUT2D eigenvalue weighted by Crippen LogP contribution is -2.62. The molecule has 0 bridgehead atoms. The lowest BCUT2D eigenvalue weighted by Gasteiger charge is -2.57. The first-order valence-electron chi connectivity index (χ1n) is 14.1. The number of carbonyl (C=O) groups excluding carboxylic acids is 5. The van der Waals surface area contributed by atoms with Crippen molar-refractivity contribution in [3.8, 4) is 0 Å². The van der Waals surface area contributed by atoms with Crippen molar-refractivity contribution in [3.63, 3.8) is 0 Å². The van der Waals surface area contributed by atoms with E-state index in [-0.39, 0.29) is 48.8 Å². The number of hydrogen-bond donors (Lipinski definition) is 0. The molecule has 214 valence electrons. The van der Waals surface area contributed by atoms with Crippen LogP contribution in [-0.2, 0) is 33.3 Å². The predicted octanol–water partition coefficient (Wildman–Crippen LogP) is 5.30. The van der Waals surface area contributed by atoms with Crippen LogP contribution in [0.1, 0.15) is 79.6 Å². The van der Waals surface area contributed by atoms with E-state index in [2.05, 4.69) is 0 Å². The number of hydrogen-bond acceptors (Lipinski definition) is 9. The molecule has 9 nitrogen and oxygen atoms in total. The van der Waals surface area contributed by atoms with Crippen LogP contribution in [0.25, 0.3) is 0 Å². The van der Waals surface area contributed by atoms with E-state index in [1.165, 1.54) is 0 Å². The standard InChI is InChI=1S/C30H40O9/c1-6-7-14-36-27(35)39-30(24(33)17-37-26(34)38-18(2)3)13-11-22-21-9-8-19-15-20(31)10-12-28(19,4)25(21)23(32)16-29(22,30)5/h10,12,15,18,21-22,25H,6-9,11,13-14,16-17H2,1-5H3/t21-,22-,25+,28-,29-,30-/m0/s1. The number of carbonyl (C=O) groups is 5. The number of Topliss-reactive ketones (excluding diaryl/α,β-unsaturated/α-hetero) is 2. The Kier molecular flexibility index (Phi) is 8.11. The second-order valence-corrected chi connectivity index (χ2v) is 12.1. The molecule has 39 heavy (non-hydrogen) atoms. The molecule has 0 spiro atoms. The summed E-state index contributed by atoms with van der Waals surface area (Å²) in [6.45, 7) is 8.65. The summed E-state index contributed by atoms with van der Waals surface area (Å²) in [6, 6.07) is 0. The molecule has 0 radical (unpaired) electrons. The van der Waals surface area contributed by atoms with Crippen LogP contribution in [0, 0.1) is 28.6 Å². The highest BCUT2D eigenvalue weighted by Crippen LogP contribution is 2.67. The van der Waals surface area contributed by atoms with Crippen molar-refractivity contribution in [2.45, 2.75) is 91.3 Å². The van der Waals surface area contributed by atoms with Crippen molar-refractivity contribution in [1.29, 1.82) is 0 Å². The summed E-state index contributed by atoms with van der Waals surface area (Å²) in [5.41, 5.74) is -2.28. The van der Waals surface area contributed by atoms with Crippen molar-refractivity contribution in [2.75, 3.05) is 13.2 Å². The van der Waals surface area contributed by atoms with Gasteiger partial charge < -0.3 is 18.9 Å². The van der Waals surface area contributed by atoms with Gasteiger partial charge in [0.25, 0.3) is 0 Å². The van der Waals surface area contributed by atoms with Gasteiger partial charge in [0.05, 0.1) is 12.7 Å². The molecule has 6 atom stereocenters.